The summed E-state index contributed by atoms with van der Waals surface area (Å²) >= 11 is 0. The first-order valence-electron chi connectivity index (χ1n) is 21.7. The normalized spacial score (nSPS) is 8.61. The van der Waals surface area contributed by atoms with E-state index in [9.17, 15) is 27.6 Å². The van der Waals surface area contributed by atoms with Gasteiger partial charge in [-0.2, -0.15) is 0 Å². The maximum Gasteiger partial charge on any atom is 3.00 e. The van der Waals surface area contributed by atoms with Crippen LogP contribution >= 0.6 is 0 Å². The van der Waals surface area contributed by atoms with Crippen LogP contribution in [0.5, 0.6) is 0 Å². The molecule has 0 fully saturated rings. The number of carbonyl (C=O) groups excluding carboxylic acids is 4. The van der Waals surface area contributed by atoms with E-state index in [2.05, 4.69) is 0 Å². The predicted molar refractivity (Wildman–Crippen MR) is 298 cm³/mol. The summed E-state index contributed by atoms with van der Waals surface area (Å²) in [5.41, 5.74) is 3.56. The van der Waals surface area contributed by atoms with Crippen molar-refractivity contribution >= 4 is 68.0 Å². The summed E-state index contributed by atoms with van der Waals surface area (Å²) in [6.07, 6.45) is 11.2. The maximum absolute atomic E-state index is 12.2. The summed E-state index contributed by atoms with van der Waals surface area (Å²) in [4.78, 5) is 105. The summed E-state index contributed by atoms with van der Waals surface area (Å²) in [5.74, 6) is 0.297. The minimum Gasteiger partial charge on any atom is -0.356 e. The van der Waals surface area contributed by atoms with E-state index in [4.69, 9.17) is 91.9 Å². The SMILES string of the molecule is CN(C(=O)CCCCC(=O)N(C)c1ccccc1)c1ccccc1.CN(C(=O)CCCCC(=O)N(C)c1ccccc1)c1ccccc1.CS(C)=O.CS(C)=O.O=[N+]([O-])[O-].O=[N+]([O-])[O-].O=[N+]([O-])[O-].O=[N+]([O-])[O-].O=[N+]([O-])[O-].O=[N+]([O-])[O-].[Nd+3].[Nd+3]. The summed E-state index contributed by atoms with van der Waals surface area (Å²) < 4.78 is 19.1. The number of hydrogen-bond donors (Lipinski definition) is 0. The van der Waals surface area contributed by atoms with Crippen LogP contribution in [0.4, 0.5) is 22.7 Å². The van der Waals surface area contributed by atoms with Gasteiger partial charge in [-0.05, 0) is 74.2 Å². The van der Waals surface area contributed by atoms with E-state index >= 15 is 0 Å². The fraction of sp³-hybridized carbons (Fsp3) is 0.364. The van der Waals surface area contributed by atoms with Crippen molar-refractivity contribution in [3.8, 4) is 0 Å². The Morgan fingerprint density at radius 2 is 0.415 bits per heavy atom. The number of carbonyl (C=O) groups is 4. The monoisotopic (exact) mass is 1460 g/mol. The molecule has 0 aliphatic heterocycles. The van der Waals surface area contributed by atoms with Crippen LogP contribution in [0.2, 0.25) is 0 Å². The predicted octanol–water partition coefficient (Wildman–Crippen LogP) is 6.30. The molecule has 0 N–H and O–H groups in total. The Bertz CT molecular complexity index is 2020. The van der Waals surface area contributed by atoms with Gasteiger partial charge in [-0.1, -0.05) is 72.8 Å². The van der Waals surface area contributed by atoms with Gasteiger partial charge >= 0.3 is 81.7 Å². The van der Waals surface area contributed by atoms with Crippen LogP contribution in [0.25, 0.3) is 0 Å². The van der Waals surface area contributed by atoms with Crippen LogP contribution in [0, 0.1) is 174 Å². The Hall–Kier alpha value is -7.04. The van der Waals surface area contributed by atoms with E-state index in [0.717, 1.165) is 22.7 Å². The van der Waals surface area contributed by atoms with Gasteiger partial charge in [0, 0.05) is 123 Å². The zero-order valence-electron chi connectivity index (χ0n) is 45.3. The van der Waals surface area contributed by atoms with Gasteiger partial charge in [0.1, 0.15) is 0 Å². The molecule has 0 bridgehead atoms. The van der Waals surface area contributed by atoms with E-state index in [1.54, 1.807) is 72.8 Å². The molecule has 0 saturated carbocycles. The topological polar surface area (TPSA) is 513 Å². The number of benzene rings is 4. The Morgan fingerprint density at radius 1 is 0.317 bits per heavy atom. The molecule has 0 aromatic heterocycles. The summed E-state index contributed by atoms with van der Waals surface area (Å²) in [5, 5.41) is 88.5. The van der Waals surface area contributed by atoms with Crippen LogP contribution in [-0.2, 0) is 40.8 Å². The number of amides is 4. The molecule has 0 saturated heterocycles. The van der Waals surface area contributed by atoms with Gasteiger partial charge in [0.25, 0.3) is 0 Å². The van der Waals surface area contributed by atoms with Crippen LogP contribution in [0.15, 0.2) is 121 Å². The molecule has 0 unspecified atom stereocenters. The zero-order valence-corrected chi connectivity index (χ0v) is 53.3. The standard InChI is InChI=1S/2C20H24N2O2.2C2H6OS.6NO3.2Nd/c2*1-21(17-11-5-3-6-12-17)19(23)15-9-10-16-20(24)22(2)18-13-7-4-8-14-18;2*1-4(2)3;6*2-1(3)4;;/h2*3-8,11-14H,9-10,15-16H2,1-2H3;2*1-2H3;;;;;;;;/q;;;;6*-1;2*+3. The van der Waals surface area contributed by atoms with Crippen molar-refractivity contribution in [1.82, 2.24) is 0 Å². The first-order valence-corrected chi connectivity index (χ1v) is 25.6. The van der Waals surface area contributed by atoms with Crippen molar-refractivity contribution in [2.45, 2.75) is 51.4 Å². The molecular formula is C44H60N10Nd2O24S2. The van der Waals surface area contributed by atoms with Gasteiger partial charge in [0.05, 0.1) is 30.5 Å². The van der Waals surface area contributed by atoms with Crippen molar-refractivity contribution in [3.05, 3.63) is 213 Å². The molecular weight excluding hydrogens is 1410 g/mol. The van der Waals surface area contributed by atoms with Crippen LogP contribution in [0.1, 0.15) is 51.4 Å². The molecule has 4 amide bonds. The molecule has 0 atom stereocenters. The Kier molecular flexibility index (Phi) is 67.0. The average Bonchev–Trinajstić information content (AvgIpc) is 3.35. The number of unbranched alkanes of at least 4 members (excludes halogenated alkanes) is 2. The van der Waals surface area contributed by atoms with E-state index in [0.29, 0.717) is 51.4 Å². The third-order valence-electron chi connectivity index (χ3n) is 8.13. The second kappa shape index (κ2) is 60.1. The molecule has 34 nitrogen and oxygen atoms in total. The molecule has 82 heavy (non-hydrogen) atoms. The van der Waals surface area contributed by atoms with E-state index in [1.807, 2.05) is 121 Å². The third-order valence-corrected chi connectivity index (χ3v) is 8.13. The fourth-order valence-corrected chi connectivity index (χ4v) is 4.96. The Labute approximate surface area is 540 Å². The van der Waals surface area contributed by atoms with Gasteiger partial charge in [-0.15, -0.1) is 0 Å². The van der Waals surface area contributed by atoms with Crippen molar-refractivity contribution < 1.29 is 140 Å². The summed E-state index contributed by atoms with van der Waals surface area (Å²) in [7, 11) is 5.91. The van der Waals surface area contributed by atoms with Gasteiger partial charge in [-0.25, -0.2) is 0 Å². The van der Waals surface area contributed by atoms with Gasteiger partial charge in [0.2, 0.25) is 23.6 Å². The maximum atomic E-state index is 12.2. The zero-order chi connectivity index (χ0) is 63.3. The first-order chi connectivity index (χ1) is 37.0. The number of para-hydroxylation sites is 4. The van der Waals surface area contributed by atoms with Crippen LogP contribution in [0.3, 0.4) is 0 Å². The smallest absolute Gasteiger partial charge is 0.356 e. The van der Waals surface area contributed by atoms with Crippen molar-refractivity contribution in [2.75, 3.05) is 72.8 Å². The molecule has 4 rings (SSSR count). The Morgan fingerprint density at radius 3 is 0.512 bits per heavy atom. The van der Waals surface area contributed by atoms with E-state index < -0.39 is 52.1 Å². The van der Waals surface area contributed by atoms with Gasteiger partial charge in [0.15, 0.2) is 0 Å². The quantitative estimate of drug-likeness (QED) is 0.0759. The molecule has 0 spiro atoms. The van der Waals surface area contributed by atoms with Crippen molar-refractivity contribution in [2.24, 2.45) is 0 Å². The summed E-state index contributed by atoms with van der Waals surface area (Å²) in [6, 6.07) is 38.3. The Balaban J connectivity index is -0.000000144. The second-order valence-electron chi connectivity index (χ2n) is 14.4. The molecule has 4 aromatic carbocycles. The minimum atomic E-state index is -1.75. The minimum absolute atomic E-state index is 0. The van der Waals surface area contributed by atoms with E-state index in [1.165, 1.54) is 0 Å². The fourth-order valence-electron chi connectivity index (χ4n) is 4.96. The average molecular weight is 1470 g/mol. The van der Waals surface area contributed by atoms with Crippen molar-refractivity contribution in [3.63, 3.8) is 0 Å². The molecule has 38 heteroatoms. The van der Waals surface area contributed by atoms with Crippen LogP contribution in [-0.4, -0.2) is 116 Å². The van der Waals surface area contributed by atoms with E-state index in [-0.39, 0.29) is 105 Å². The number of anilines is 4. The summed E-state index contributed by atoms with van der Waals surface area (Å²) in [6.45, 7) is 0. The molecule has 4 aromatic rings. The number of rotatable bonds is 14. The molecule has 0 heterocycles. The molecule has 0 aliphatic rings. The second-order valence-corrected chi connectivity index (χ2v) is 17.4. The molecule has 2 radical (unpaired) electrons. The molecule has 0 aliphatic carbocycles. The van der Waals surface area contributed by atoms with Crippen LogP contribution < -0.4 is 19.6 Å². The third kappa shape index (κ3) is 75.0. The largest absolute Gasteiger partial charge is 3.00 e. The number of nitrogens with zero attached hydrogens (tertiary/aromatic N) is 10. The van der Waals surface area contributed by atoms with Gasteiger partial charge < -0.3 is 112 Å². The molecule has 450 valence electrons. The van der Waals surface area contributed by atoms with Crippen molar-refractivity contribution in [1.29, 1.82) is 0 Å². The van der Waals surface area contributed by atoms with Gasteiger partial charge in [-0.3, -0.25) is 27.6 Å². The first kappa shape index (κ1) is 91.5. The number of hydrogen-bond acceptors (Lipinski definition) is 24.